The predicted molar refractivity (Wildman–Crippen MR) is 45.7 cm³/mol. The summed E-state index contributed by atoms with van der Waals surface area (Å²) >= 11 is 0. The van der Waals surface area contributed by atoms with Gasteiger partial charge >= 0.3 is 0 Å². The van der Waals surface area contributed by atoms with Crippen LogP contribution < -0.4 is 0 Å². The van der Waals surface area contributed by atoms with Gasteiger partial charge in [0.2, 0.25) is 5.82 Å². The monoisotopic (exact) mass is 173 g/mol. The molecule has 0 aromatic carbocycles. The van der Waals surface area contributed by atoms with Gasteiger partial charge in [-0.1, -0.05) is 0 Å². The van der Waals surface area contributed by atoms with Crippen molar-refractivity contribution in [2.24, 2.45) is 0 Å². The first-order valence-corrected chi connectivity index (χ1v) is 3.82. The Kier molecular flexibility index (Phi) is 1.64. The van der Waals surface area contributed by atoms with Crippen LogP contribution in [0.25, 0.3) is 11.5 Å². The van der Waals surface area contributed by atoms with Gasteiger partial charge in [0.25, 0.3) is 0 Å². The molecule has 64 valence electrons. The van der Waals surface area contributed by atoms with Crippen molar-refractivity contribution < 1.29 is 4.42 Å². The van der Waals surface area contributed by atoms with Crippen LogP contribution in [-0.2, 0) is 0 Å². The van der Waals surface area contributed by atoms with Crippen molar-refractivity contribution in [1.82, 2.24) is 9.97 Å². The van der Waals surface area contributed by atoms with E-state index in [1.165, 1.54) is 0 Å². The number of aromatic nitrogens is 2. The number of rotatable bonds is 1. The number of nitrogens with zero attached hydrogens (tertiary/aromatic N) is 2. The highest BCUT2D eigenvalue weighted by Gasteiger charge is 2.09. The van der Waals surface area contributed by atoms with Crippen LogP contribution in [0.2, 0.25) is 0 Å². The fourth-order valence-corrected chi connectivity index (χ4v) is 1.17. The number of aromatic amines is 1. The molecular formula is C9H7N3O. The Morgan fingerprint density at radius 3 is 3.00 bits per heavy atom. The molecule has 0 radical (unpaired) electrons. The minimum atomic E-state index is 0.309. The molecule has 0 amide bonds. The number of nitriles is 1. The van der Waals surface area contributed by atoms with Gasteiger partial charge in [-0.3, -0.25) is 0 Å². The van der Waals surface area contributed by atoms with E-state index in [1.54, 1.807) is 12.3 Å². The molecule has 0 aliphatic carbocycles. The molecule has 1 N–H and O–H groups in total. The zero-order valence-electron chi connectivity index (χ0n) is 7.03. The minimum absolute atomic E-state index is 0.309. The van der Waals surface area contributed by atoms with E-state index in [0.29, 0.717) is 17.3 Å². The van der Waals surface area contributed by atoms with Crippen LogP contribution in [0.4, 0.5) is 0 Å². The molecule has 0 saturated carbocycles. The second kappa shape index (κ2) is 2.79. The number of hydrogen-bond acceptors (Lipinski definition) is 3. The number of imidazole rings is 1. The summed E-state index contributed by atoms with van der Waals surface area (Å²) in [5.41, 5.74) is 1.54. The number of nitrogens with one attached hydrogen (secondary N) is 1. The number of hydrogen-bond donors (Lipinski definition) is 1. The van der Waals surface area contributed by atoms with Gasteiger partial charge in [0, 0.05) is 5.69 Å². The lowest BCUT2D eigenvalue weighted by molar-refractivity contribution is 0.580. The van der Waals surface area contributed by atoms with Gasteiger partial charge in [0.1, 0.15) is 11.8 Å². The van der Waals surface area contributed by atoms with Gasteiger partial charge in [-0.15, -0.1) is 0 Å². The first-order valence-electron chi connectivity index (χ1n) is 3.82. The second-order valence-corrected chi connectivity index (χ2v) is 2.65. The maximum Gasteiger partial charge on any atom is 0.211 e. The van der Waals surface area contributed by atoms with Crippen molar-refractivity contribution in [2.75, 3.05) is 0 Å². The predicted octanol–water partition coefficient (Wildman–Crippen LogP) is 1.85. The lowest BCUT2D eigenvalue weighted by Gasteiger charge is -1.89. The van der Waals surface area contributed by atoms with Gasteiger partial charge in [0.15, 0.2) is 5.76 Å². The Hall–Kier alpha value is -2.02. The third-order valence-electron chi connectivity index (χ3n) is 1.75. The SMILES string of the molecule is Cc1[nH]c(C#N)nc1-c1ccco1. The fraction of sp³-hybridized carbons (Fsp3) is 0.111. The molecule has 2 heterocycles. The highest BCUT2D eigenvalue weighted by Crippen LogP contribution is 2.20. The molecule has 13 heavy (non-hydrogen) atoms. The van der Waals surface area contributed by atoms with E-state index in [1.807, 2.05) is 19.1 Å². The van der Waals surface area contributed by atoms with Gasteiger partial charge in [-0.05, 0) is 19.1 Å². The van der Waals surface area contributed by atoms with Crippen molar-refractivity contribution in [3.05, 3.63) is 29.9 Å². The number of furan rings is 1. The average Bonchev–Trinajstić information content (AvgIpc) is 2.72. The molecule has 0 unspecified atom stereocenters. The Bertz CT molecular complexity index is 448. The zero-order valence-corrected chi connectivity index (χ0v) is 7.03. The Morgan fingerprint density at radius 1 is 1.62 bits per heavy atom. The average molecular weight is 173 g/mol. The third kappa shape index (κ3) is 1.20. The molecule has 2 aromatic heterocycles. The number of aryl methyl sites for hydroxylation is 1. The molecule has 0 bridgehead atoms. The highest BCUT2D eigenvalue weighted by atomic mass is 16.3. The summed E-state index contributed by atoms with van der Waals surface area (Å²) in [5, 5.41) is 8.60. The molecule has 4 nitrogen and oxygen atoms in total. The van der Waals surface area contributed by atoms with E-state index >= 15 is 0 Å². The maximum absolute atomic E-state index is 8.60. The summed E-state index contributed by atoms with van der Waals surface area (Å²) in [7, 11) is 0. The Labute approximate surface area is 74.8 Å². The first kappa shape index (κ1) is 7.62. The lowest BCUT2D eigenvalue weighted by atomic mass is 10.3. The van der Waals surface area contributed by atoms with Crippen LogP contribution in [0.1, 0.15) is 11.5 Å². The summed E-state index contributed by atoms with van der Waals surface area (Å²) in [6.45, 7) is 1.85. The van der Waals surface area contributed by atoms with Crippen molar-refractivity contribution in [2.45, 2.75) is 6.92 Å². The van der Waals surface area contributed by atoms with Crippen LogP contribution >= 0.6 is 0 Å². The van der Waals surface area contributed by atoms with E-state index in [2.05, 4.69) is 9.97 Å². The van der Waals surface area contributed by atoms with Crippen molar-refractivity contribution in [1.29, 1.82) is 5.26 Å². The van der Waals surface area contributed by atoms with E-state index in [4.69, 9.17) is 9.68 Å². The fourth-order valence-electron chi connectivity index (χ4n) is 1.17. The van der Waals surface area contributed by atoms with Gasteiger partial charge in [-0.2, -0.15) is 5.26 Å². The normalized spacial score (nSPS) is 9.85. The molecule has 0 spiro atoms. The Morgan fingerprint density at radius 2 is 2.46 bits per heavy atom. The lowest BCUT2D eigenvalue weighted by Crippen LogP contribution is -1.76. The highest BCUT2D eigenvalue weighted by molar-refractivity contribution is 5.55. The standard InChI is InChI=1S/C9H7N3O/c1-6-9(7-3-2-4-13-7)12-8(5-10)11-6/h2-4H,1H3,(H,11,12). The largest absolute Gasteiger partial charge is 0.463 e. The van der Waals surface area contributed by atoms with Gasteiger partial charge in [-0.25, -0.2) is 4.98 Å². The molecule has 2 rings (SSSR count). The summed E-state index contributed by atoms with van der Waals surface area (Å²) in [4.78, 5) is 6.91. The van der Waals surface area contributed by atoms with Crippen molar-refractivity contribution in [3.8, 4) is 17.5 Å². The van der Waals surface area contributed by atoms with Crippen LogP contribution in [0.3, 0.4) is 0 Å². The summed E-state index contributed by atoms with van der Waals surface area (Å²) < 4.78 is 5.17. The van der Waals surface area contributed by atoms with Gasteiger partial charge in [0.05, 0.1) is 6.26 Å². The van der Waals surface area contributed by atoms with Crippen LogP contribution in [0.5, 0.6) is 0 Å². The maximum atomic E-state index is 8.60. The molecule has 0 aliphatic heterocycles. The van der Waals surface area contributed by atoms with Crippen LogP contribution in [0.15, 0.2) is 22.8 Å². The minimum Gasteiger partial charge on any atom is -0.463 e. The molecule has 0 fully saturated rings. The van der Waals surface area contributed by atoms with E-state index < -0.39 is 0 Å². The van der Waals surface area contributed by atoms with Crippen LogP contribution in [0, 0.1) is 18.3 Å². The second-order valence-electron chi connectivity index (χ2n) is 2.65. The molecule has 0 aliphatic rings. The van der Waals surface area contributed by atoms with Crippen molar-refractivity contribution >= 4 is 0 Å². The zero-order chi connectivity index (χ0) is 9.26. The third-order valence-corrected chi connectivity index (χ3v) is 1.75. The summed E-state index contributed by atoms with van der Waals surface area (Å²) in [5.74, 6) is 0.985. The van der Waals surface area contributed by atoms with E-state index in [-0.39, 0.29) is 0 Å². The molecule has 0 atom stereocenters. The van der Waals surface area contributed by atoms with E-state index in [0.717, 1.165) is 5.69 Å². The molecule has 2 aromatic rings. The topological polar surface area (TPSA) is 65.6 Å². The van der Waals surface area contributed by atoms with Crippen LogP contribution in [-0.4, -0.2) is 9.97 Å². The Balaban J connectivity index is 2.54. The summed E-state index contributed by atoms with van der Waals surface area (Å²) in [6, 6.07) is 5.54. The molecule has 4 heteroatoms. The van der Waals surface area contributed by atoms with Crippen molar-refractivity contribution in [3.63, 3.8) is 0 Å². The summed E-state index contributed by atoms with van der Waals surface area (Å²) in [6.07, 6.45) is 1.58. The van der Waals surface area contributed by atoms with E-state index in [9.17, 15) is 0 Å². The molecule has 0 saturated heterocycles. The number of H-pyrrole nitrogens is 1. The first-order chi connectivity index (χ1) is 6.31. The smallest absolute Gasteiger partial charge is 0.211 e. The quantitative estimate of drug-likeness (QED) is 0.715. The molecular weight excluding hydrogens is 166 g/mol. The van der Waals surface area contributed by atoms with Gasteiger partial charge < -0.3 is 9.40 Å².